The third-order valence-corrected chi connectivity index (χ3v) is 12.7. The SMILES string of the molecule is C=CC1CC1(NC(=O)C1CC(OC(=O)N2Cc3cccc(F)c3C2)CN1C(=O)C(CCC(=O)C=CC1CCC1)NC(=O)OC(C)(C)C)C(=O)NS(=O)(=O)C1CC1. The second-order valence-electron chi connectivity index (χ2n) is 16.4. The third kappa shape index (κ3) is 9.41. The standard InChI is InChI=1S/C39H50FN5O10S/c1-5-25-19-39(25,35(49)43-56(52,53)28-15-16-28)42-33(47)32-18-27(54-37(51)44-20-24-10-7-11-30(40)29(24)22-44)21-45(32)34(48)31(41-36(50)55-38(2,3)4)17-14-26(46)13-12-23-8-6-9-23/h5,7,10-13,23,25,27-28,31-32H,1,6,8-9,14-22H2,2-4H3,(H,41,50)(H,42,47)(H,43,49). The molecule has 56 heavy (non-hydrogen) atoms. The van der Waals surface area contributed by atoms with Gasteiger partial charge in [-0.15, -0.1) is 6.58 Å². The molecule has 0 radical (unpaired) electrons. The van der Waals surface area contributed by atoms with E-state index in [-0.39, 0.29) is 51.1 Å². The predicted molar refractivity (Wildman–Crippen MR) is 199 cm³/mol. The zero-order chi connectivity index (χ0) is 40.6. The molecule has 0 aromatic heterocycles. The summed E-state index contributed by atoms with van der Waals surface area (Å²) >= 11 is 0. The number of allylic oxidation sites excluding steroid dienone is 2. The highest BCUT2D eigenvalue weighted by molar-refractivity contribution is 7.91. The molecule has 15 nitrogen and oxygen atoms in total. The molecule has 6 rings (SSSR count). The van der Waals surface area contributed by atoms with E-state index in [0.29, 0.717) is 29.9 Å². The molecular weight excluding hydrogens is 750 g/mol. The summed E-state index contributed by atoms with van der Waals surface area (Å²) in [5, 5.41) is 4.52. The number of rotatable bonds is 14. The van der Waals surface area contributed by atoms with E-state index in [1.54, 1.807) is 26.8 Å². The number of fused-ring (bicyclic) bond motifs is 1. The summed E-state index contributed by atoms with van der Waals surface area (Å²) in [6.45, 7) is 8.37. The van der Waals surface area contributed by atoms with Gasteiger partial charge in [-0.2, -0.15) is 0 Å². The molecule has 304 valence electrons. The first-order valence-corrected chi connectivity index (χ1v) is 20.7. The number of carbonyl (C=O) groups is 6. The lowest BCUT2D eigenvalue weighted by Gasteiger charge is -2.30. The van der Waals surface area contributed by atoms with Crippen LogP contribution in [0.5, 0.6) is 0 Å². The van der Waals surface area contributed by atoms with Crippen LogP contribution in [-0.2, 0) is 51.8 Å². The number of sulfonamides is 1. The minimum atomic E-state index is -3.97. The van der Waals surface area contributed by atoms with Crippen LogP contribution in [0.25, 0.3) is 0 Å². The van der Waals surface area contributed by atoms with Crippen LogP contribution in [0.15, 0.2) is 43.0 Å². The number of likely N-dealkylation sites (tertiary alicyclic amines) is 1. The van der Waals surface area contributed by atoms with E-state index >= 15 is 0 Å². The maximum Gasteiger partial charge on any atom is 0.410 e. The van der Waals surface area contributed by atoms with E-state index in [1.165, 1.54) is 29.2 Å². The third-order valence-electron chi connectivity index (χ3n) is 10.9. The average Bonchev–Trinajstić information content (AvgIpc) is 3.99. The van der Waals surface area contributed by atoms with Gasteiger partial charge in [0.25, 0.3) is 5.91 Å². The highest BCUT2D eigenvalue weighted by Crippen LogP contribution is 2.45. The Bertz CT molecular complexity index is 1920. The van der Waals surface area contributed by atoms with Gasteiger partial charge in [-0.1, -0.05) is 30.7 Å². The molecule has 4 fully saturated rings. The lowest BCUT2D eigenvalue weighted by Crippen LogP contribution is -2.58. The molecule has 5 atom stereocenters. The summed E-state index contributed by atoms with van der Waals surface area (Å²) in [7, 11) is -3.97. The van der Waals surface area contributed by atoms with Gasteiger partial charge >= 0.3 is 12.2 Å². The molecule has 3 saturated carbocycles. The van der Waals surface area contributed by atoms with Gasteiger partial charge in [-0.3, -0.25) is 28.8 Å². The summed E-state index contributed by atoms with van der Waals surface area (Å²) in [5.74, 6) is -3.55. The van der Waals surface area contributed by atoms with Gasteiger partial charge in [0.1, 0.15) is 35.1 Å². The first kappa shape index (κ1) is 40.9. The first-order valence-electron chi connectivity index (χ1n) is 19.1. The van der Waals surface area contributed by atoms with Crippen molar-refractivity contribution >= 4 is 45.7 Å². The number of hydrogen-bond acceptors (Lipinski definition) is 10. The van der Waals surface area contributed by atoms with Crippen molar-refractivity contribution in [1.29, 1.82) is 0 Å². The fourth-order valence-corrected chi connectivity index (χ4v) is 8.64. The molecule has 1 aromatic carbocycles. The second kappa shape index (κ2) is 16.0. The number of hydrogen-bond donors (Lipinski definition) is 3. The first-order chi connectivity index (χ1) is 26.4. The van der Waals surface area contributed by atoms with Crippen molar-refractivity contribution < 1.29 is 51.0 Å². The van der Waals surface area contributed by atoms with Crippen LogP contribution < -0.4 is 15.4 Å². The molecule has 0 bridgehead atoms. The molecule has 2 heterocycles. The summed E-state index contributed by atoms with van der Waals surface area (Å²) in [6, 6.07) is 1.82. The lowest BCUT2D eigenvalue weighted by molar-refractivity contribution is -0.141. The molecule has 17 heteroatoms. The topological polar surface area (TPSA) is 198 Å². The Balaban J connectivity index is 1.22. The summed E-state index contributed by atoms with van der Waals surface area (Å²) in [6.07, 6.45) is 5.39. The summed E-state index contributed by atoms with van der Waals surface area (Å²) in [4.78, 5) is 83.8. The Hall–Kier alpha value is -4.80. The van der Waals surface area contributed by atoms with Crippen LogP contribution in [0.3, 0.4) is 0 Å². The molecule has 5 amide bonds. The Morgan fingerprint density at radius 1 is 1.09 bits per heavy atom. The quantitative estimate of drug-likeness (QED) is 0.185. The van der Waals surface area contributed by atoms with Crippen molar-refractivity contribution in [1.82, 2.24) is 25.2 Å². The molecule has 1 saturated heterocycles. The smallest absolute Gasteiger partial charge is 0.410 e. The number of nitrogens with one attached hydrogen (secondary N) is 3. The van der Waals surface area contributed by atoms with Gasteiger partial charge in [0.15, 0.2) is 5.78 Å². The Morgan fingerprint density at radius 2 is 1.82 bits per heavy atom. The highest BCUT2D eigenvalue weighted by Gasteiger charge is 2.62. The monoisotopic (exact) mass is 799 g/mol. The van der Waals surface area contributed by atoms with Crippen LogP contribution in [0.4, 0.5) is 14.0 Å². The minimum Gasteiger partial charge on any atom is -0.444 e. The van der Waals surface area contributed by atoms with Gasteiger partial charge in [0.05, 0.1) is 18.3 Å². The zero-order valence-corrected chi connectivity index (χ0v) is 32.7. The molecule has 3 aliphatic carbocycles. The molecule has 1 aromatic rings. The van der Waals surface area contributed by atoms with Gasteiger partial charge in [0, 0.05) is 30.9 Å². The van der Waals surface area contributed by atoms with Crippen LogP contribution in [0, 0.1) is 17.7 Å². The van der Waals surface area contributed by atoms with E-state index in [0.717, 1.165) is 24.2 Å². The van der Waals surface area contributed by atoms with Crippen molar-refractivity contribution in [2.45, 2.75) is 126 Å². The van der Waals surface area contributed by atoms with Crippen molar-refractivity contribution in [2.75, 3.05) is 6.54 Å². The molecule has 5 unspecified atom stereocenters. The number of carbonyl (C=O) groups excluding carboxylic acids is 6. The number of ether oxygens (including phenoxy) is 2. The molecule has 2 aliphatic heterocycles. The van der Waals surface area contributed by atoms with E-state index in [2.05, 4.69) is 21.9 Å². The predicted octanol–water partition coefficient (Wildman–Crippen LogP) is 3.52. The van der Waals surface area contributed by atoms with Crippen LogP contribution in [0.1, 0.15) is 89.7 Å². The normalized spacial score (nSPS) is 25.1. The van der Waals surface area contributed by atoms with Gasteiger partial charge in [0.2, 0.25) is 21.8 Å². The molecule has 0 spiro atoms. The minimum absolute atomic E-state index is 0.0461. The van der Waals surface area contributed by atoms with Gasteiger partial charge in [-0.05, 0) is 82.9 Å². The van der Waals surface area contributed by atoms with Crippen molar-refractivity contribution in [2.24, 2.45) is 11.8 Å². The molecule has 5 aliphatic rings. The number of nitrogens with zero attached hydrogens (tertiary/aromatic N) is 2. The van der Waals surface area contributed by atoms with Gasteiger partial charge < -0.3 is 25.0 Å². The molecule has 3 N–H and O–H groups in total. The number of benzene rings is 1. The molecular formula is C39H50FN5O10S. The van der Waals surface area contributed by atoms with Crippen molar-refractivity contribution in [3.63, 3.8) is 0 Å². The fraction of sp³-hybridized carbons (Fsp3) is 0.590. The van der Waals surface area contributed by atoms with E-state index in [4.69, 9.17) is 9.47 Å². The number of halogens is 1. The maximum absolute atomic E-state index is 14.5. The fourth-order valence-electron chi connectivity index (χ4n) is 7.27. The Kier molecular flexibility index (Phi) is 11.7. The largest absolute Gasteiger partial charge is 0.444 e. The number of alkyl carbamates (subject to hydrolysis) is 1. The number of ketones is 1. The maximum atomic E-state index is 14.5. The zero-order valence-electron chi connectivity index (χ0n) is 31.9. The van der Waals surface area contributed by atoms with E-state index in [1.807, 2.05) is 6.08 Å². The van der Waals surface area contributed by atoms with Gasteiger partial charge in [-0.25, -0.2) is 22.4 Å². The van der Waals surface area contributed by atoms with E-state index < -0.39 is 86.2 Å². The second-order valence-corrected chi connectivity index (χ2v) is 18.4. The van der Waals surface area contributed by atoms with Crippen LogP contribution >= 0.6 is 0 Å². The van der Waals surface area contributed by atoms with Crippen molar-refractivity contribution in [3.05, 3.63) is 60.0 Å². The van der Waals surface area contributed by atoms with E-state index in [9.17, 15) is 41.6 Å². The van der Waals surface area contributed by atoms with Crippen molar-refractivity contribution in [3.8, 4) is 0 Å². The summed E-state index contributed by atoms with van der Waals surface area (Å²) < 4.78 is 53.1. The summed E-state index contributed by atoms with van der Waals surface area (Å²) in [5.41, 5.74) is -1.63. The highest BCUT2D eigenvalue weighted by atomic mass is 32.2. The van der Waals surface area contributed by atoms with Crippen LogP contribution in [-0.4, -0.2) is 95.0 Å². The Morgan fingerprint density at radius 3 is 2.43 bits per heavy atom. The number of amides is 5. The average molecular weight is 800 g/mol. The Labute approximate surface area is 325 Å². The van der Waals surface area contributed by atoms with Crippen LogP contribution in [0.2, 0.25) is 0 Å². The lowest BCUT2D eigenvalue weighted by atomic mass is 9.85.